The maximum absolute atomic E-state index is 12.1. The Morgan fingerprint density at radius 3 is 2.58 bits per heavy atom. The highest BCUT2D eigenvalue weighted by atomic mass is 35.5. The van der Waals surface area contributed by atoms with Gasteiger partial charge >= 0.3 is 0 Å². The van der Waals surface area contributed by atoms with Gasteiger partial charge in [-0.05, 0) is 30.7 Å². The molecule has 1 aliphatic heterocycles. The number of rotatable bonds is 6. The van der Waals surface area contributed by atoms with Crippen LogP contribution in [0.1, 0.15) is 18.2 Å². The third-order valence-electron chi connectivity index (χ3n) is 4.41. The van der Waals surface area contributed by atoms with Crippen molar-refractivity contribution >= 4 is 23.2 Å². The van der Waals surface area contributed by atoms with E-state index in [1.54, 1.807) is 19.3 Å². The van der Waals surface area contributed by atoms with E-state index >= 15 is 0 Å². The fourth-order valence-electron chi connectivity index (χ4n) is 2.90. The van der Waals surface area contributed by atoms with E-state index in [1.807, 2.05) is 24.3 Å². The van der Waals surface area contributed by atoms with Gasteiger partial charge in [0, 0.05) is 37.7 Å². The van der Waals surface area contributed by atoms with E-state index in [1.165, 1.54) is 0 Å². The summed E-state index contributed by atoms with van der Waals surface area (Å²) in [5.41, 5.74) is 4.38. The molecular formula is C19H23ClN4O2. The predicted molar refractivity (Wildman–Crippen MR) is 102 cm³/mol. The first-order chi connectivity index (χ1) is 12.6. The molecule has 6 nitrogen and oxygen atoms in total. The van der Waals surface area contributed by atoms with Crippen LogP contribution >= 0.6 is 11.6 Å². The zero-order valence-electron chi connectivity index (χ0n) is 14.8. The lowest BCUT2D eigenvalue weighted by atomic mass is 10.2. The summed E-state index contributed by atoms with van der Waals surface area (Å²) in [5.74, 6) is 0.536. The third kappa shape index (κ3) is 5.17. The van der Waals surface area contributed by atoms with E-state index < -0.39 is 0 Å². The monoisotopic (exact) mass is 374 g/mol. The molecule has 0 saturated carbocycles. The highest BCUT2D eigenvalue weighted by Gasteiger charge is 2.19. The standard InChI is InChI=1S/C19H23ClN4O2/c1-15(18-7-4-12-26-18)21-22-19(25)14-24-10-8-23(9-11-24)13-16-5-2-3-6-17(16)20/h2-7,12H,8-11,13-14H2,1H3,(H,22,25)/b21-15+. The van der Waals surface area contributed by atoms with Crippen molar-refractivity contribution in [2.45, 2.75) is 13.5 Å². The van der Waals surface area contributed by atoms with E-state index in [-0.39, 0.29) is 5.91 Å². The molecule has 1 saturated heterocycles. The Labute approximate surface area is 158 Å². The van der Waals surface area contributed by atoms with Gasteiger partial charge < -0.3 is 4.42 Å². The minimum Gasteiger partial charge on any atom is -0.463 e. The first-order valence-electron chi connectivity index (χ1n) is 8.67. The van der Waals surface area contributed by atoms with Gasteiger partial charge in [-0.15, -0.1) is 0 Å². The molecule has 0 radical (unpaired) electrons. The second-order valence-corrected chi connectivity index (χ2v) is 6.76. The van der Waals surface area contributed by atoms with E-state index in [2.05, 4.69) is 26.4 Å². The van der Waals surface area contributed by atoms with Crippen LogP contribution in [0.15, 0.2) is 52.2 Å². The molecule has 1 aromatic carbocycles. The van der Waals surface area contributed by atoms with Crippen molar-refractivity contribution in [3.63, 3.8) is 0 Å². The van der Waals surface area contributed by atoms with Gasteiger partial charge in [-0.1, -0.05) is 29.8 Å². The first kappa shape index (κ1) is 18.6. The van der Waals surface area contributed by atoms with Gasteiger partial charge in [0.15, 0.2) is 0 Å². The molecule has 0 atom stereocenters. The summed E-state index contributed by atoms with van der Waals surface area (Å²) in [6.07, 6.45) is 1.58. The lowest BCUT2D eigenvalue weighted by Crippen LogP contribution is -2.48. The number of furan rings is 1. The number of piperazine rings is 1. The Kier molecular flexibility index (Phi) is 6.44. The maximum Gasteiger partial charge on any atom is 0.254 e. The molecular weight excluding hydrogens is 352 g/mol. The zero-order chi connectivity index (χ0) is 18.4. The molecule has 138 valence electrons. The van der Waals surface area contributed by atoms with Gasteiger partial charge in [0.05, 0.1) is 12.8 Å². The summed E-state index contributed by atoms with van der Waals surface area (Å²) in [5, 5.41) is 4.89. The summed E-state index contributed by atoms with van der Waals surface area (Å²) >= 11 is 6.23. The molecule has 0 aliphatic carbocycles. The first-order valence-corrected chi connectivity index (χ1v) is 9.05. The number of carbonyl (C=O) groups is 1. The highest BCUT2D eigenvalue weighted by Crippen LogP contribution is 2.17. The molecule has 2 heterocycles. The quantitative estimate of drug-likeness (QED) is 0.623. The van der Waals surface area contributed by atoms with Gasteiger partial charge in [0.2, 0.25) is 0 Å². The molecule has 1 aliphatic rings. The minimum absolute atomic E-state index is 0.115. The Bertz CT molecular complexity index is 753. The average molecular weight is 375 g/mol. The topological polar surface area (TPSA) is 61.1 Å². The van der Waals surface area contributed by atoms with Crippen molar-refractivity contribution in [2.75, 3.05) is 32.7 Å². The summed E-state index contributed by atoms with van der Waals surface area (Å²) in [4.78, 5) is 16.6. The Hall–Kier alpha value is -2.15. The normalized spacial score (nSPS) is 16.6. The fourth-order valence-corrected chi connectivity index (χ4v) is 3.09. The van der Waals surface area contributed by atoms with Crippen molar-refractivity contribution in [1.82, 2.24) is 15.2 Å². The molecule has 1 aromatic heterocycles. The largest absolute Gasteiger partial charge is 0.463 e. The summed E-state index contributed by atoms with van der Waals surface area (Å²) in [6.45, 7) is 6.49. The molecule has 7 heteroatoms. The van der Waals surface area contributed by atoms with Gasteiger partial charge in [0.1, 0.15) is 11.5 Å². The van der Waals surface area contributed by atoms with E-state index in [0.717, 1.165) is 43.3 Å². The van der Waals surface area contributed by atoms with E-state index in [9.17, 15) is 4.79 Å². The van der Waals surface area contributed by atoms with Crippen molar-refractivity contribution in [3.05, 3.63) is 59.0 Å². The second kappa shape index (κ2) is 8.98. The molecule has 1 amide bonds. The van der Waals surface area contributed by atoms with Crippen molar-refractivity contribution in [3.8, 4) is 0 Å². The zero-order valence-corrected chi connectivity index (χ0v) is 15.6. The molecule has 26 heavy (non-hydrogen) atoms. The predicted octanol–water partition coefficient (Wildman–Crippen LogP) is 2.59. The number of nitrogens with zero attached hydrogens (tertiary/aromatic N) is 3. The molecule has 0 unspecified atom stereocenters. The molecule has 3 rings (SSSR count). The fraction of sp³-hybridized carbons (Fsp3) is 0.368. The Morgan fingerprint density at radius 1 is 1.15 bits per heavy atom. The van der Waals surface area contributed by atoms with Gasteiger partial charge in [-0.3, -0.25) is 14.6 Å². The van der Waals surface area contributed by atoms with Crippen LogP contribution < -0.4 is 5.43 Å². The average Bonchev–Trinajstić information content (AvgIpc) is 3.18. The number of hydrazone groups is 1. The number of hydrogen-bond acceptors (Lipinski definition) is 5. The van der Waals surface area contributed by atoms with E-state index in [4.69, 9.17) is 16.0 Å². The van der Waals surface area contributed by atoms with Crippen LogP contribution in [-0.4, -0.2) is 54.1 Å². The van der Waals surface area contributed by atoms with Crippen molar-refractivity contribution in [2.24, 2.45) is 5.10 Å². The van der Waals surface area contributed by atoms with Gasteiger partial charge in [-0.2, -0.15) is 5.10 Å². The van der Waals surface area contributed by atoms with Crippen LogP contribution in [0.4, 0.5) is 0 Å². The second-order valence-electron chi connectivity index (χ2n) is 6.35. The highest BCUT2D eigenvalue weighted by molar-refractivity contribution is 6.31. The number of nitrogens with one attached hydrogen (secondary N) is 1. The molecule has 0 spiro atoms. The maximum atomic E-state index is 12.1. The van der Waals surface area contributed by atoms with Crippen LogP contribution in [0.2, 0.25) is 5.02 Å². The molecule has 0 bridgehead atoms. The van der Waals surface area contributed by atoms with Gasteiger partial charge in [0.25, 0.3) is 5.91 Å². The number of benzene rings is 1. The smallest absolute Gasteiger partial charge is 0.254 e. The lowest BCUT2D eigenvalue weighted by Gasteiger charge is -2.34. The number of hydrogen-bond donors (Lipinski definition) is 1. The van der Waals surface area contributed by atoms with Crippen LogP contribution in [0, 0.1) is 0 Å². The minimum atomic E-state index is -0.115. The number of amides is 1. The molecule has 1 N–H and O–H groups in total. The van der Waals surface area contributed by atoms with Crippen LogP contribution in [-0.2, 0) is 11.3 Å². The lowest BCUT2D eigenvalue weighted by molar-refractivity contribution is -0.122. The van der Waals surface area contributed by atoms with Crippen LogP contribution in [0.25, 0.3) is 0 Å². The van der Waals surface area contributed by atoms with Crippen LogP contribution in [0.5, 0.6) is 0 Å². The number of carbonyl (C=O) groups excluding carboxylic acids is 1. The molecule has 2 aromatic rings. The Balaban J connectivity index is 1.41. The summed E-state index contributed by atoms with van der Waals surface area (Å²) in [7, 11) is 0. The number of halogens is 1. The summed E-state index contributed by atoms with van der Waals surface area (Å²) < 4.78 is 5.24. The Morgan fingerprint density at radius 2 is 1.88 bits per heavy atom. The SMILES string of the molecule is C/C(=N\NC(=O)CN1CCN(Cc2ccccc2Cl)CC1)c1ccco1. The van der Waals surface area contributed by atoms with E-state index in [0.29, 0.717) is 18.0 Å². The summed E-state index contributed by atoms with van der Waals surface area (Å²) in [6, 6.07) is 11.5. The molecule has 1 fully saturated rings. The van der Waals surface area contributed by atoms with Crippen molar-refractivity contribution in [1.29, 1.82) is 0 Å². The van der Waals surface area contributed by atoms with Crippen molar-refractivity contribution < 1.29 is 9.21 Å². The van der Waals surface area contributed by atoms with Gasteiger partial charge in [-0.25, -0.2) is 5.43 Å². The third-order valence-corrected chi connectivity index (χ3v) is 4.78. The van der Waals surface area contributed by atoms with Crippen LogP contribution in [0.3, 0.4) is 0 Å².